The monoisotopic (exact) mass is 309 g/mol. The Morgan fingerprint density at radius 1 is 1.18 bits per heavy atom. The van der Waals surface area contributed by atoms with E-state index in [4.69, 9.17) is 0 Å². The normalized spacial score (nSPS) is 11.1. The summed E-state index contributed by atoms with van der Waals surface area (Å²) in [5.74, 6) is 0.177. The number of H-pyrrole nitrogens is 1. The summed E-state index contributed by atoms with van der Waals surface area (Å²) in [6, 6.07) is 0. The lowest BCUT2D eigenvalue weighted by Crippen LogP contribution is -2.31. The van der Waals surface area contributed by atoms with Gasteiger partial charge in [-0.05, 0) is 12.8 Å². The zero-order chi connectivity index (χ0) is 16.4. The second kappa shape index (κ2) is 10.2. The molecule has 0 fully saturated rings. The molecule has 22 heavy (non-hydrogen) atoms. The molecule has 0 atom stereocenters. The molecule has 0 unspecified atom stereocenters. The second-order valence-corrected chi connectivity index (χ2v) is 6.11. The third-order valence-corrected chi connectivity index (χ3v) is 4.06. The number of unbranched alkanes of at least 4 members (excludes halogenated alkanes) is 4. The molecule has 0 radical (unpaired) electrons. The number of aryl methyl sites for hydroxylation is 1. The number of rotatable bonds is 11. The second-order valence-electron chi connectivity index (χ2n) is 6.11. The summed E-state index contributed by atoms with van der Waals surface area (Å²) in [7, 11) is 1.77. The maximum absolute atomic E-state index is 12.4. The van der Waals surface area contributed by atoms with Crippen LogP contribution in [-0.2, 0) is 18.4 Å². The highest BCUT2D eigenvalue weighted by atomic mass is 16.2. The summed E-state index contributed by atoms with van der Waals surface area (Å²) in [5, 5.41) is 5.59. The SMILES string of the molecule is CCCCCC(CCCCC)C(=O)NCc1cn(C)[nH]c1=O. The molecule has 0 saturated carbocycles. The summed E-state index contributed by atoms with van der Waals surface area (Å²) in [5.41, 5.74) is 0.480. The lowest BCUT2D eigenvalue weighted by atomic mass is 9.94. The molecule has 1 aromatic rings. The first-order valence-corrected chi connectivity index (χ1v) is 8.60. The average molecular weight is 309 g/mol. The topological polar surface area (TPSA) is 66.9 Å². The van der Waals surface area contributed by atoms with E-state index in [1.165, 1.54) is 25.7 Å². The molecule has 5 nitrogen and oxygen atoms in total. The number of hydrogen-bond acceptors (Lipinski definition) is 2. The highest BCUT2D eigenvalue weighted by Crippen LogP contribution is 2.18. The highest BCUT2D eigenvalue weighted by Gasteiger charge is 2.17. The molecule has 0 aliphatic heterocycles. The van der Waals surface area contributed by atoms with E-state index in [0.29, 0.717) is 12.1 Å². The van der Waals surface area contributed by atoms with Crippen molar-refractivity contribution >= 4 is 5.91 Å². The van der Waals surface area contributed by atoms with Crippen LogP contribution in [-0.4, -0.2) is 15.7 Å². The molecule has 0 aliphatic carbocycles. The Labute approximate surface area is 133 Å². The Kier molecular flexibility index (Phi) is 8.63. The summed E-state index contributed by atoms with van der Waals surface area (Å²) in [6.45, 7) is 4.66. The van der Waals surface area contributed by atoms with Gasteiger partial charge in [0.15, 0.2) is 0 Å². The standard InChI is InChI=1S/C17H31N3O2/c1-4-6-8-10-14(11-9-7-5-2)16(21)18-12-15-13-20(3)19-17(15)22/h13-14H,4-12H2,1-3H3,(H,18,21)(H,19,22). The molecule has 0 aliphatic rings. The molecule has 0 aromatic carbocycles. The molecular formula is C17H31N3O2. The molecule has 0 bridgehead atoms. The van der Waals surface area contributed by atoms with Crippen LogP contribution < -0.4 is 10.9 Å². The van der Waals surface area contributed by atoms with Crippen LogP contribution >= 0.6 is 0 Å². The van der Waals surface area contributed by atoms with E-state index < -0.39 is 0 Å². The smallest absolute Gasteiger partial charge is 0.269 e. The molecule has 1 aromatic heterocycles. The quantitative estimate of drug-likeness (QED) is 0.617. The van der Waals surface area contributed by atoms with Gasteiger partial charge in [-0.15, -0.1) is 0 Å². The van der Waals surface area contributed by atoms with Crippen LogP contribution in [0.2, 0.25) is 0 Å². The zero-order valence-electron chi connectivity index (χ0n) is 14.3. The van der Waals surface area contributed by atoms with Gasteiger partial charge >= 0.3 is 0 Å². The van der Waals surface area contributed by atoms with Gasteiger partial charge in [0.05, 0.1) is 5.56 Å². The van der Waals surface area contributed by atoms with Gasteiger partial charge in [-0.3, -0.25) is 19.4 Å². The minimum absolute atomic E-state index is 0.0842. The van der Waals surface area contributed by atoms with Crippen molar-refractivity contribution in [3.8, 4) is 0 Å². The maximum atomic E-state index is 12.4. The molecule has 0 spiro atoms. The van der Waals surface area contributed by atoms with Crippen molar-refractivity contribution in [2.75, 3.05) is 0 Å². The van der Waals surface area contributed by atoms with Gasteiger partial charge in [0.25, 0.3) is 5.56 Å². The molecule has 2 N–H and O–H groups in total. The average Bonchev–Trinajstić information content (AvgIpc) is 2.81. The summed E-state index contributed by atoms with van der Waals surface area (Å²) >= 11 is 0. The Bertz CT molecular complexity index is 480. The van der Waals surface area contributed by atoms with Crippen molar-refractivity contribution in [2.45, 2.75) is 71.8 Å². The molecule has 126 valence electrons. The van der Waals surface area contributed by atoms with Crippen LogP contribution in [0.15, 0.2) is 11.0 Å². The highest BCUT2D eigenvalue weighted by molar-refractivity contribution is 5.78. The summed E-state index contributed by atoms with van der Waals surface area (Å²) in [6.07, 6.45) is 10.5. The van der Waals surface area contributed by atoms with Crippen LogP contribution in [0, 0.1) is 5.92 Å². The third-order valence-electron chi connectivity index (χ3n) is 4.06. The third kappa shape index (κ3) is 6.50. The van der Waals surface area contributed by atoms with Gasteiger partial charge < -0.3 is 5.32 Å². The fourth-order valence-corrected chi connectivity index (χ4v) is 2.70. The van der Waals surface area contributed by atoms with Crippen LogP contribution in [0.3, 0.4) is 0 Å². The van der Waals surface area contributed by atoms with E-state index in [1.54, 1.807) is 17.9 Å². The number of carbonyl (C=O) groups excluding carboxylic acids is 1. The van der Waals surface area contributed by atoms with Gasteiger partial charge in [0.2, 0.25) is 5.91 Å². The first-order chi connectivity index (χ1) is 10.6. The van der Waals surface area contributed by atoms with Crippen molar-refractivity contribution in [1.29, 1.82) is 0 Å². The van der Waals surface area contributed by atoms with Gasteiger partial charge in [-0.25, -0.2) is 0 Å². The largest absolute Gasteiger partial charge is 0.352 e. The van der Waals surface area contributed by atoms with Crippen LogP contribution in [0.4, 0.5) is 0 Å². The molecule has 0 saturated heterocycles. The molecule has 1 heterocycles. The number of nitrogens with zero attached hydrogens (tertiary/aromatic N) is 1. The van der Waals surface area contributed by atoms with E-state index in [9.17, 15) is 9.59 Å². The van der Waals surface area contributed by atoms with Gasteiger partial charge in [-0.1, -0.05) is 52.4 Å². The fourth-order valence-electron chi connectivity index (χ4n) is 2.70. The molecule has 1 rings (SSSR count). The Morgan fingerprint density at radius 2 is 1.77 bits per heavy atom. The number of aromatic nitrogens is 2. The lowest BCUT2D eigenvalue weighted by molar-refractivity contribution is -0.125. The van der Waals surface area contributed by atoms with Crippen molar-refractivity contribution in [3.63, 3.8) is 0 Å². The van der Waals surface area contributed by atoms with E-state index in [-0.39, 0.29) is 17.4 Å². The number of amides is 1. The minimum Gasteiger partial charge on any atom is -0.352 e. The number of carbonyl (C=O) groups is 1. The Balaban J connectivity index is 2.49. The van der Waals surface area contributed by atoms with Gasteiger partial charge in [0.1, 0.15) is 0 Å². The van der Waals surface area contributed by atoms with Gasteiger partial charge in [0, 0.05) is 25.7 Å². The summed E-state index contributed by atoms with van der Waals surface area (Å²) < 4.78 is 1.61. The molecular weight excluding hydrogens is 278 g/mol. The number of hydrogen-bond donors (Lipinski definition) is 2. The van der Waals surface area contributed by atoms with E-state index in [2.05, 4.69) is 24.3 Å². The zero-order valence-corrected chi connectivity index (χ0v) is 14.3. The van der Waals surface area contributed by atoms with E-state index >= 15 is 0 Å². The van der Waals surface area contributed by atoms with Crippen LogP contribution in [0.1, 0.15) is 70.8 Å². The molecule has 5 heteroatoms. The van der Waals surface area contributed by atoms with Crippen molar-refractivity contribution in [2.24, 2.45) is 13.0 Å². The number of aromatic amines is 1. The van der Waals surface area contributed by atoms with Crippen LogP contribution in [0.5, 0.6) is 0 Å². The minimum atomic E-state index is -0.128. The predicted molar refractivity (Wildman–Crippen MR) is 89.7 cm³/mol. The summed E-state index contributed by atoms with van der Waals surface area (Å²) in [4.78, 5) is 24.0. The number of nitrogens with one attached hydrogen (secondary N) is 2. The van der Waals surface area contributed by atoms with Crippen molar-refractivity contribution in [3.05, 3.63) is 22.1 Å². The van der Waals surface area contributed by atoms with Crippen molar-refractivity contribution in [1.82, 2.24) is 15.1 Å². The Morgan fingerprint density at radius 3 is 2.23 bits per heavy atom. The van der Waals surface area contributed by atoms with Crippen molar-refractivity contribution < 1.29 is 4.79 Å². The van der Waals surface area contributed by atoms with E-state index in [0.717, 1.165) is 25.7 Å². The van der Waals surface area contributed by atoms with Crippen LogP contribution in [0.25, 0.3) is 0 Å². The lowest BCUT2D eigenvalue weighted by Gasteiger charge is -2.16. The Hall–Kier alpha value is -1.52. The van der Waals surface area contributed by atoms with E-state index in [1.807, 2.05) is 0 Å². The van der Waals surface area contributed by atoms with Gasteiger partial charge in [-0.2, -0.15) is 0 Å². The first-order valence-electron chi connectivity index (χ1n) is 8.60. The predicted octanol–water partition coefficient (Wildman–Crippen LogP) is 3.11. The maximum Gasteiger partial charge on any atom is 0.269 e. The molecule has 1 amide bonds. The first kappa shape index (κ1) is 18.5. The fraction of sp³-hybridized carbons (Fsp3) is 0.765.